The second-order valence-corrected chi connectivity index (χ2v) is 11.4. The van der Waals surface area contributed by atoms with E-state index in [-0.39, 0.29) is 0 Å². The largest absolute Gasteiger partial charge is 0.390 e. The van der Waals surface area contributed by atoms with Gasteiger partial charge in [0.2, 0.25) is 0 Å². The van der Waals surface area contributed by atoms with Gasteiger partial charge >= 0.3 is 0 Å². The zero-order valence-corrected chi connectivity index (χ0v) is 20.3. The minimum Gasteiger partial charge on any atom is -0.390 e. The molecule has 1 N–H and O–H groups in total. The van der Waals surface area contributed by atoms with Crippen molar-refractivity contribution < 1.29 is 9.84 Å². The Morgan fingerprint density at radius 3 is 2.70 bits per heavy atom. The molecule has 0 aromatic carbocycles. The second-order valence-electron chi connectivity index (χ2n) is 11.4. The van der Waals surface area contributed by atoms with Gasteiger partial charge in [-0.2, -0.15) is 0 Å². The van der Waals surface area contributed by atoms with E-state index in [1.54, 1.807) is 5.57 Å². The number of allylic oxidation sites excluding steroid dienone is 4. The highest BCUT2D eigenvalue weighted by Gasteiger charge is 2.50. The van der Waals surface area contributed by atoms with E-state index in [1.807, 2.05) is 21.0 Å². The first-order valence-electron chi connectivity index (χ1n) is 12.5. The standard InChI is InChI=1S/C28H46O2/c1-20-11-14-24(30-6)19-23(20)13-12-22-10-8-18-28(5)25(15-16-26(22)28)21(2)9-7-17-27(3,4)29/h12-13,21,24-26,29H,1,7-11,14-19H2,2-6H3/b22-12+,23-13-/t21-,24+,25-,26+,28-/m1/s1. The second kappa shape index (κ2) is 9.74. The van der Waals surface area contributed by atoms with Crippen molar-refractivity contribution >= 4 is 0 Å². The lowest BCUT2D eigenvalue weighted by Crippen LogP contribution is -2.36. The van der Waals surface area contributed by atoms with Gasteiger partial charge in [-0.3, -0.25) is 0 Å². The summed E-state index contributed by atoms with van der Waals surface area (Å²) >= 11 is 0. The van der Waals surface area contributed by atoms with Crippen molar-refractivity contribution in [1.82, 2.24) is 0 Å². The van der Waals surface area contributed by atoms with Gasteiger partial charge in [-0.1, -0.05) is 56.6 Å². The van der Waals surface area contributed by atoms with Gasteiger partial charge in [-0.15, -0.1) is 0 Å². The maximum Gasteiger partial charge on any atom is 0.0614 e. The van der Waals surface area contributed by atoms with Crippen molar-refractivity contribution in [1.29, 1.82) is 0 Å². The van der Waals surface area contributed by atoms with Crippen molar-refractivity contribution in [2.75, 3.05) is 7.11 Å². The van der Waals surface area contributed by atoms with E-state index in [9.17, 15) is 5.11 Å². The number of rotatable bonds is 7. The maximum absolute atomic E-state index is 10.1. The van der Waals surface area contributed by atoms with Crippen LogP contribution in [0, 0.1) is 23.2 Å². The molecule has 3 fully saturated rings. The fraction of sp³-hybridized carbons (Fsp3) is 0.786. The van der Waals surface area contributed by atoms with E-state index >= 15 is 0 Å². The highest BCUT2D eigenvalue weighted by molar-refractivity contribution is 5.36. The molecular formula is C28H46O2. The van der Waals surface area contributed by atoms with Crippen LogP contribution in [0.3, 0.4) is 0 Å². The van der Waals surface area contributed by atoms with Crippen molar-refractivity contribution in [2.24, 2.45) is 23.2 Å². The lowest BCUT2D eigenvalue weighted by molar-refractivity contribution is 0.0596. The molecule has 3 aliphatic rings. The molecule has 0 amide bonds. The molecule has 3 saturated carbocycles. The Labute approximate surface area is 185 Å². The lowest BCUT2D eigenvalue weighted by atomic mass is 9.60. The molecule has 2 heteroatoms. The monoisotopic (exact) mass is 414 g/mol. The Bertz CT molecular complexity index is 665. The molecule has 3 aliphatic carbocycles. The molecule has 170 valence electrons. The first-order valence-corrected chi connectivity index (χ1v) is 12.5. The molecule has 0 bridgehead atoms. The van der Waals surface area contributed by atoms with Gasteiger partial charge in [-0.25, -0.2) is 0 Å². The van der Waals surface area contributed by atoms with Gasteiger partial charge in [0.1, 0.15) is 0 Å². The maximum atomic E-state index is 10.1. The Morgan fingerprint density at radius 1 is 1.23 bits per heavy atom. The van der Waals surface area contributed by atoms with Crippen molar-refractivity contribution in [3.05, 3.63) is 35.5 Å². The van der Waals surface area contributed by atoms with E-state index in [1.165, 1.54) is 49.7 Å². The molecule has 0 saturated heterocycles. The molecule has 0 heterocycles. The van der Waals surface area contributed by atoms with Gasteiger partial charge in [-0.05, 0) is 100 Å². The normalized spacial score (nSPS) is 36.3. The molecule has 3 rings (SSSR count). The zero-order chi connectivity index (χ0) is 21.9. The molecule has 0 radical (unpaired) electrons. The van der Waals surface area contributed by atoms with E-state index < -0.39 is 5.60 Å². The summed E-state index contributed by atoms with van der Waals surface area (Å²) in [6, 6.07) is 0. The molecule has 0 aliphatic heterocycles. The fourth-order valence-electron chi connectivity index (χ4n) is 6.85. The third-order valence-corrected chi connectivity index (χ3v) is 8.67. The smallest absolute Gasteiger partial charge is 0.0614 e. The number of hydrogen-bond donors (Lipinski definition) is 1. The molecule has 0 spiro atoms. The topological polar surface area (TPSA) is 29.5 Å². The van der Waals surface area contributed by atoms with Gasteiger partial charge in [0.05, 0.1) is 11.7 Å². The fourth-order valence-corrected chi connectivity index (χ4v) is 6.85. The summed E-state index contributed by atoms with van der Waals surface area (Å²) < 4.78 is 5.62. The Balaban J connectivity index is 1.68. The average Bonchev–Trinajstić information content (AvgIpc) is 3.04. The predicted octanol–water partition coefficient (Wildman–Crippen LogP) is 7.39. The SMILES string of the molecule is C=C1CC[C@H](OC)C/C1=C/C=C1\CCC[C@]2(C)[C@@H]([C@H](C)CCCC(C)(C)O)CC[C@@H]12. The first kappa shape index (κ1) is 23.8. The van der Waals surface area contributed by atoms with Crippen LogP contribution in [0.15, 0.2) is 35.5 Å². The summed E-state index contributed by atoms with van der Waals surface area (Å²) in [6.07, 6.45) is 18.4. The molecule has 30 heavy (non-hydrogen) atoms. The third-order valence-electron chi connectivity index (χ3n) is 8.67. The number of aliphatic hydroxyl groups is 1. The Morgan fingerprint density at radius 2 is 2.00 bits per heavy atom. The highest BCUT2D eigenvalue weighted by atomic mass is 16.5. The highest BCUT2D eigenvalue weighted by Crippen LogP contribution is 2.60. The Kier molecular flexibility index (Phi) is 7.72. The number of hydrogen-bond acceptors (Lipinski definition) is 2. The first-order chi connectivity index (χ1) is 14.1. The molecular weight excluding hydrogens is 368 g/mol. The summed E-state index contributed by atoms with van der Waals surface area (Å²) in [5.41, 5.74) is 4.33. The van der Waals surface area contributed by atoms with Gasteiger partial charge in [0.25, 0.3) is 0 Å². The van der Waals surface area contributed by atoms with Crippen molar-refractivity contribution in [3.63, 3.8) is 0 Å². The molecule has 0 aromatic rings. The summed E-state index contributed by atoms with van der Waals surface area (Å²) in [6.45, 7) is 13.3. The van der Waals surface area contributed by atoms with E-state index in [0.29, 0.717) is 11.5 Å². The van der Waals surface area contributed by atoms with Crippen molar-refractivity contribution in [2.45, 2.75) is 110 Å². The van der Waals surface area contributed by atoms with E-state index in [2.05, 4.69) is 32.6 Å². The van der Waals surface area contributed by atoms with Crippen LogP contribution in [0.2, 0.25) is 0 Å². The van der Waals surface area contributed by atoms with Crippen LogP contribution in [0.4, 0.5) is 0 Å². The summed E-state index contributed by atoms with van der Waals surface area (Å²) in [4.78, 5) is 0. The van der Waals surface area contributed by atoms with Crippen LogP contribution in [0.25, 0.3) is 0 Å². The molecule has 2 nitrogen and oxygen atoms in total. The van der Waals surface area contributed by atoms with Crippen LogP contribution in [0.1, 0.15) is 98.3 Å². The summed E-state index contributed by atoms with van der Waals surface area (Å²) in [5, 5.41) is 10.1. The number of ether oxygens (including phenoxy) is 1. The predicted molar refractivity (Wildman–Crippen MR) is 127 cm³/mol. The minimum atomic E-state index is -0.527. The van der Waals surface area contributed by atoms with Crippen LogP contribution < -0.4 is 0 Å². The van der Waals surface area contributed by atoms with Crippen LogP contribution in [-0.4, -0.2) is 23.9 Å². The Hall–Kier alpha value is -0.860. The molecule has 0 unspecified atom stereocenters. The zero-order valence-electron chi connectivity index (χ0n) is 20.3. The van der Waals surface area contributed by atoms with E-state index in [0.717, 1.165) is 49.9 Å². The van der Waals surface area contributed by atoms with Gasteiger partial charge in [0, 0.05) is 7.11 Å². The van der Waals surface area contributed by atoms with E-state index in [4.69, 9.17) is 4.74 Å². The lowest BCUT2D eigenvalue weighted by Gasteiger charge is -2.44. The molecule has 0 aromatic heterocycles. The number of fused-ring (bicyclic) bond motifs is 1. The average molecular weight is 415 g/mol. The van der Waals surface area contributed by atoms with Crippen molar-refractivity contribution in [3.8, 4) is 0 Å². The number of methoxy groups -OCH3 is 1. The third kappa shape index (κ3) is 5.49. The van der Waals surface area contributed by atoms with Crippen LogP contribution in [0.5, 0.6) is 0 Å². The minimum absolute atomic E-state index is 0.359. The van der Waals surface area contributed by atoms with Gasteiger partial charge in [0.15, 0.2) is 0 Å². The molecule has 5 atom stereocenters. The van der Waals surface area contributed by atoms with Gasteiger partial charge < -0.3 is 9.84 Å². The summed E-state index contributed by atoms with van der Waals surface area (Å²) in [5.74, 6) is 2.32. The summed E-state index contributed by atoms with van der Waals surface area (Å²) in [7, 11) is 1.84. The quantitative estimate of drug-likeness (QED) is 0.470. The van der Waals surface area contributed by atoms with Crippen LogP contribution >= 0.6 is 0 Å². The van der Waals surface area contributed by atoms with Crippen LogP contribution in [-0.2, 0) is 4.74 Å².